The highest BCUT2D eigenvalue weighted by Gasteiger charge is 2.22. The number of anilines is 1. The van der Waals surface area contributed by atoms with Gasteiger partial charge in [0.15, 0.2) is 12.3 Å². The zero-order chi connectivity index (χ0) is 19.4. The van der Waals surface area contributed by atoms with E-state index in [9.17, 15) is 9.59 Å². The lowest BCUT2D eigenvalue weighted by Crippen LogP contribution is -2.50. The Kier molecular flexibility index (Phi) is 5.54. The standard InChI is InChI=1S/C19H22N4O4/c1-13-7-14(2)9-15(8-13)27-12-18(24)23-5-3-22(4-6-23)17-11-20-16(10-21-17)19(25)26/h7-11H,3-6,12H2,1-2H3,(H,25,26). The van der Waals surface area contributed by atoms with Crippen molar-refractivity contribution in [3.05, 3.63) is 47.4 Å². The maximum absolute atomic E-state index is 12.4. The number of carboxylic acids is 1. The van der Waals surface area contributed by atoms with Crippen LogP contribution < -0.4 is 9.64 Å². The van der Waals surface area contributed by atoms with Gasteiger partial charge in [0, 0.05) is 26.2 Å². The number of hydrogen-bond donors (Lipinski definition) is 1. The fourth-order valence-corrected chi connectivity index (χ4v) is 3.03. The first-order valence-electron chi connectivity index (χ1n) is 8.71. The molecule has 1 amide bonds. The van der Waals surface area contributed by atoms with E-state index in [2.05, 4.69) is 16.0 Å². The molecule has 1 aliphatic rings. The van der Waals surface area contributed by atoms with Crippen LogP contribution >= 0.6 is 0 Å². The van der Waals surface area contributed by atoms with Gasteiger partial charge >= 0.3 is 5.97 Å². The van der Waals surface area contributed by atoms with Crippen molar-refractivity contribution in [3.8, 4) is 5.75 Å². The zero-order valence-electron chi connectivity index (χ0n) is 15.4. The Labute approximate surface area is 157 Å². The maximum Gasteiger partial charge on any atom is 0.356 e. The van der Waals surface area contributed by atoms with Crippen LogP contribution in [0, 0.1) is 13.8 Å². The van der Waals surface area contributed by atoms with Crippen molar-refractivity contribution >= 4 is 17.7 Å². The van der Waals surface area contributed by atoms with Crippen molar-refractivity contribution in [2.24, 2.45) is 0 Å². The molecule has 1 aromatic carbocycles. The van der Waals surface area contributed by atoms with Gasteiger partial charge in [-0.1, -0.05) is 6.07 Å². The van der Waals surface area contributed by atoms with Crippen LogP contribution in [0.15, 0.2) is 30.6 Å². The number of aryl methyl sites for hydroxylation is 2. The van der Waals surface area contributed by atoms with Gasteiger partial charge in [0.2, 0.25) is 0 Å². The molecule has 1 aliphatic heterocycles. The SMILES string of the molecule is Cc1cc(C)cc(OCC(=O)N2CCN(c3cnc(C(=O)O)cn3)CC2)c1. The molecule has 27 heavy (non-hydrogen) atoms. The zero-order valence-corrected chi connectivity index (χ0v) is 15.4. The number of aromatic carboxylic acids is 1. The fraction of sp³-hybridized carbons (Fsp3) is 0.368. The number of amides is 1. The molecule has 0 aliphatic carbocycles. The summed E-state index contributed by atoms with van der Waals surface area (Å²) in [6, 6.07) is 5.88. The van der Waals surface area contributed by atoms with Gasteiger partial charge in [-0.3, -0.25) is 4.79 Å². The minimum Gasteiger partial charge on any atom is -0.484 e. The topological polar surface area (TPSA) is 95.9 Å². The molecule has 0 saturated carbocycles. The van der Waals surface area contributed by atoms with E-state index in [1.807, 2.05) is 30.9 Å². The molecular weight excluding hydrogens is 348 g/mol. The van der Waals surface area contributed by atoms with Gasteiger partial charge in [0.1, 0.15) is 11.6 Å². The van der Waals surface area contributed by atoms with Crippen molar-refractivity contribution in [2.75, 3.05) is 37.7 Å². The van der Waals surface area contributed by atoms with Crippen LogP contribution in [0.2, 0.25) is 0 Å². The lowest BCUT2D eigenvalue weighted by atomic mass is 10.1. The van der Waals surface area contributed by atoms with E-state index in [1.165, 1.54) is 12.4 Å². The molecule has 1 fully saturated rings. The molecular formula is C19H22N4O4. The molecule has 1 saturated heterocycles. The highest BCUT2D eigenvalue weighted by atomic mass is 16.5. The van der Waals surface area contributed by atoms with Crippen LogP contribution in [-0.4, -0.2) is 64.6 Å². The average molecular weight is 370 g/mol. The van der Waals surface area contributed by atoms with Crippen molar-refractivity contribution in [3.63, 3.8) is 0 Å². The van der Waals surface area contributed by atoms with E-state index < -0.39 is 5.97 Å². The van der Waals surface area contributed by atoms with Crippen LogP contribution in [0.3, 0.4) is 0 Å². The summed E-state index contributed by atoms with van der Waals surface area (Å²) in [6.45, 7) is 6.32. The van der Waals surface area contributed by atoms with Crippen LogP contribution in [0.4, 0.5) is 5.82 Å². The van der Waals surface area contributed by atoms with Crippen LogP contribution in [0.1, 0.15) is 21.6 Å². The van der Waals surface area contributed by atoms with Gasteiger partial charge in [-0.15, -0.1) is 0 Å². The number of carbonyl (C=O) groups is 2. The maximum atomic E-state index is 12.4. The molecule has 1 aromatic heterocycles. The first kappa shape index (κ1) is 18.6. The van der Waals surface area contributed by atoms with E-state index in [1.54, 1.807) is 4.90 Å². The Hall–Kier alpha value is -3.16. The Morgan fingerprint density at radius 2 is 1.70 bits per heavy atom. The smallest absolute Gasteiger partial charge is 0.356 e. The van der Waals surface area contributed by atoms with Gasteiger partial charge in [0.05, 0.1) is 12.4 Å². The van der Waals surface area contributed by atoms with E-state index in [4.69, 9.17) is 9.84 Å². The minimum absolute atomic E-state index is 0.00993. The van der Waals surface area contributed by atoms with Crippen molar-refractivity contribution < 1.29 is 19.4 Å². The second-order valence-corrected chi connectivity index (χ2v) is 6.54. The number of piperazine rings is 1. The summed E-state index contributed by atoms with van der Waals surface area (Å²) in [5.41, 5.74) is 2.11. The average Bonchev–Trinajstić information content (AvgIpc) is 2.65. The Morgan fingerprint density at radius 1 is 1.04 bits per heavy atom. The van der Waals surface area contributed by atoms with E-state index in [0.717, 1.165) is 11.1 Å². The third kappa shape index (κ3) is 4.72. The third-order valence-corrected chi connectivity index (χ3v) is 4.37. The molecule has 0 radical (unpaired) electrons. The lowest BCUT2D eigenvalue weighted by molar-refractivity contribution is -0.133. The second kappa shape index (κ2) is 8.03. The molecule has 0 atom stereocenters. The third-order valence-electron chi connectivity index (χ3n) is 4.37. The number of carboxylic acid groups (broad SMARTS) is 1. The largest absolute Gasteiger partial charge is 0.484 e. The molecule has 3 rings (SSSR count). The number of hydrogen-bond acceptors (Lipinski definition) is 6. The van der Waals surface area contributed by atoms with E-state index in [0.29, 0.717) is 37.7 Å². The van der Waals surface area contributed by atoms with Gasteiger partial charge in [0.25, 0.3) is 5.91 Å². The summed E-state index contributed by atoms with van der Waals surface area (Å²) in [4.78, 5) is 35.0. The lowest BCUT2D eigenvalue weighted by Gasteiger charge is -2.35. The second-order valence-electron chi connectivity index (χ2n) is 6.54. The number of rotatable bonds is 5. The number of benzene rings is 1. The molecule has 0 spiro atoms. The molecule has 0 unspecified atom stereocenters. The summed E-state index contributed by atoms with van der Waals surface area (Å²) < 4.78 is 5.65. The van der Waals surface area contributed by atoms with Gasteiger partial charge in [-0.2, -0.15) is 0 Å². The number of carbonyl (C=O) groups excluding carboxylic acids is 1. The molecule has 0 bridgehead atoms. The first-order chi connectivity index (χ1) is 12.9. The summed E-state index contributed by atoms with van der Waals surface area (Å²) >= 11 is 0. The van der Waals surface area contributed by atoms with Crippen LogP contribution in [0.25, 0.3) is 0 Å². The first-order valence-corrected chi connectivity index (χ1v) is 8.71. The van der Waals surface area contributed by atoms with Crippen LogP contribution in [-0.2, 0) is 4.79 Å². The molecule has 1 N–H and O–H groups in total. The highest BCUT2D eigenvalue weighted by molar-refractivity contribution is 5.85. The summed E-state index contributed by atoms with van der Waals surface area (Å²) in [7, 11) is 0. The molecule has 142 valence electrons. The van der Waals surface area contributed by atoms with Crippen LogP contribution in [0.5, 0.6) is 5.75 Å². The monoisotopic (exact) mass is 370 g/mol. The van der Waals surface area contributed by atoms with Gasteiger partial charge in [-0.25, -0.2) is 14.8 Å². The quantitative estimate of drug-likeness (QED) is 0.852. The fourth-order valence-electron chi connectivity index (χ4n) is 3.03. The predicted octanol–water partition coefficient (Wildman–Crippen LogP) is 1.52. The Bertz CT molecular complexity index is 810. The normalized spacial score (nSPS) is 14.1. The van der Waals surface area contributed by atoms with Gasteiger partial charge < -0.3 is 19.6 Å². The summed E-state index contributed by atoms with van der Waals surface area (Å²) in [5.74, 6) is 0.154. The summed E-state index contributed by atoms with van der Waals surface area (Å²) in [5, 5.41) is 8.87. The Morgan fingerprint density at radius 3 is 2.26 bits per heavy atom. The van der Waals surface area contributed by atoms with E-state index in [-0.39, 0.29) is 18.2 Å². The van der Waals surface area contributed by atoms with Crippen molar-refractivity contribution in [1.82, 2.24) is 14.9 Å². The van der Waals surface area contributed by atoms with E-state index >= 15 is 0 Å². The predicted molar refractivity (Wildman–Crippen MR) is 99.2 cm³/mol. The molecule has 8 heteroatoms. The summed E-state index contributed by atoms with van der Waals surface area (Å²) in [6.07, 6.45) is 2.69. The Balaban J connectivity index is 1.50. The minimum atomic E-state index is -1.10. The number of ether oxygens (including phenoxy) is 1. The highest BCUT2D eigenvalue weighted by Crippen LogP contribution is 2.17. The molecule has 8 nitrogen and oxygen atoms in total. The van der Waals surface area contributed by atoms with Crippen molar-refractivity contribution in [2.45, 2.75) is 13.8 Å². The number of nitrogens with zero attached hydrogens (tertiary/aromatic N) is 4. The van der Waals surface area contributed by atoms with Crippen molar-refractivity contribution in [1.29, 1.82) is 0 Å². The van der Waals surface area contributed by atoms with Gasteiger partial charge in [-0.05, 0) is 37.1 Å². The molecule has 2 aromatic rings. The molecule has 2 heterocycles. The number of aromatic nitrogens is 2.